The Hall–Kier alpha value is -0.660. The second kappa shape index (κ2) is 11.5. The van der Waals surface area contributed by atoms with Gasteiger partial charge in [-0.1, -0.05) is 25.5 Å². The first-order valence-corrected chi connectivity index (χ1v) is 17.0. The van der Waals surface area contributed by atoms with Crippen LogP contribution in [0.5, 0.6) is 0 Å². The normalized spacial score (nSPS) is 54.5. The Labute approximate surface area is 262 Å². The number of nitrogens with zero attached hydrogens (tertiary/aromatic N) is 1. The molecule has 0 radical (unpaired) electrons. The number of aliphatic hydroxyl groups excluding tert-OH is 6. The molecule has 0 aromatic heterocycles. The van der Waals surface area contributed by atoms with Crippen LogP contribution in [0.25, 0.3) is 0 Å². The minimum Gasteiger partial charge on any atom is -0.394 e. The van der Waals surface area contributed by atoms with Crippen LogP contribution in [-0.4, -0.2) is 121 Å². The first kappa shape index (κ1) is 33.2. The number of hydrogen-bond donors (Lipinski definition) is 7. The van der Waals surface area contributed by atoms with Crippen molar-refractivity contribution in [1.29, 1.82) is 0 Å². The van der Waals surface area contributed by atoms with Crippen molar-refractivity contribution in [3.05, 3.63) is 11.6 Å². The molecule has 0 amide bonds. The number of likely N-dealkylation sites (tertiary alicyclic amines) is 1. The lowest BCUT2D eigenvalue weighted by molar-refractivity contribution is -0.330. The number of piperidine rings is 1. The van der Waals surface area contributed by atoms with Crippen LogP contribution in [0.2, 0.25) is 0 Å². The molecule has 4 aliphatic carbocycles. The summed E-state index contributed by atoms with van der Waals surface area (Å²) in [6.07, 6.45) is 2.44. The van der Waals surface area contributed by atoms with Crippen molar-refractivity contribution in [2.45, 2.75) is 146 Å². The molecular formula is C34H57NO9. The molecule has 0 aromatic rings. The van der Waals surface area contributed by atoms with E-state index in [0.29, 0.717) is 43.6 Å². The molecular weight excluding hydrogens is 566 g/mol. The first-order valence-electron chi connectivity index (χ1n) is 17.0. The molecule has 3 saturated carbocycles. The second-order valence-electron chi connectivity index (χ2n) is 16.4. The van der Waals surface area contributed by atoms with Crippen LogP contribution in [0, 0.1) is 34.5 Å². The van der Waals surface area contributed by atoms with E-state index in [1.54, 1.807) is 0 Å². The molecule has 6 rings (SSSR count). The maximum absolute atomic E-state index is 12.5. The van der Waals surface area contributed by atoms with Gasteiger partial charge in [-0.25, -0.2) is 0 Å². The molecule has 6 aliphatic rings. The summed E-state index contributed by atoms with van der Waals surface area (Å²) >= 11 is 0. The Kier molecular flexibility index (Phi) is 8.69. The van der Waals surface area contributed by atoms with Crippen molar-refractivity contribution in [1.82, 2.24) is 4.90 Å². The lowest BCUT2D eigenvalue weighted by Gasteiger charge is -2.60. The predicted octanol–water partition coefficient (Wildman–Crippen LogP) is 1.32. The number of ether oxygens (including phenoxy) is 2. The van der Waals surface area contributed by atoms with E-state index in [1.807, 2.05) is 20.9 Å². The van der Waals surface area contributed by atoms with Crippen molar-refractivity contribution < 1.29 is 45.2 Å². The molecule has 2 heterocycles. The Morgan fingerprint density at radius 3 is 2.39 bits per heavy atom. The molecule has 10 heteroatoms. The Morgan fingerprint density at radius 2 is 1.70 bits per heavy atom. The zero-order valence-corrected chi connectivity index (χ0v) is 27.2. The maximum Gasteiger partial charge on any atom is 0.187 e. The summed E-state index contributed by atoms with van der Waals surface area (Å²) in [6.45, 7) is 8.44. The smallest absolute Gasteiger partial charge is 0.187 e. The quantitative estimate of drug-likeness (QED) is 0.222. The van der Waals surface area contributed by atoms with Crippen LogP contribution in [0.3, 0.4) is 0 Å². The van der Waals surface area contributed by atoms with E-state index in [1.165, 1.54) is 5.57 Å². The van der Waals surface area contributed by atoms with Crippen molar-refractivity contribution in [3.63, 3.8) is 0 Å². The minimum absolute atomic E-state index is 0.115. The summed E-state index contributed by atoms with van der Waals surface area (Å²) in [7, 11) is 1.96. The number of allylic oxidation sites excluding steroid dienone is 1. The van der Waals surface area contributed by atoms with Crippen LogP contribution in [0.15, 0.2) is 11.6 Å². The number of aliphatic hydroxyl groups is 7. The molecule has 44 heavy (non-hydrogen) atoms. The van der Waals surface area contributed by atoms with E-state index in [-0.39, 0.29) is 28.9 Å². The standard InChI is InChI=1S/C34H57NO9/c1-31(44-30-28(41)27(40)26(39)24(16-36)43-30)11-10-25(35(5)17-31)34(4,42)29-23(38)15-22-20-7-6-18-14-19(37)8-12-32(18,2)21(20)9-13-33(22,29)3/h6,19-30,36-42H,7-17H2,1-5H3/t19-,20+,21-,22-,23+,24+,25+,26+,27-,28+,29-,30-,31+,32-,33-,34-/m0/s1. The van der Waals surface area contributed by atoms with Crippen LogP contribution < -0.4 is 0 Å². The van der Waals surface area contributed by atoms with Crippen molar-refractivity contribution in [2.24, 2.45) is 34.5 Å². The Morgan fingerprint density at radius 1 is 0.977 bits per heavy atom. The third kappa shape index (κ3) is 5.15. The zero-order chi connectivity index (χ0) is 32.0. The molecule has 0 spiro atoms. The molecule has 2 saturated heterocycles. The van der Waals surface area contributed by atoms with Crippen molar-refractivity contribution in [2.75, 3.05) is 20.2 Å². The van der Waals surface area contributed by atoms with Crippen LogP contribution in [0.1, 0.15) is 85.5 Å². The van der Waals surface area contributed by atoms with Crippen molar-refractivity contribution in [3.8, 4) is 0 Å². The van der Waals surface area contributed by atoms with Gasteiger partial charge >= 0.3 is 0 Å². The van der Waals surface area contributed by atoms with Crippen LogP contribution >= 0.6 is 0 Å². The van der Waals surface area contributed by atoms with Gasteiger partial charge in [-0.15, -0.1) is 0 Å². The number of fused-ring (bicyclic) bond motifs is 5. The summed E-state index contributed by atoms with van der Waals surface area (Å²) in [5, 5.41) is 75.1. The molecule has 10 nitrogen and oxygen atoms in total. The summed E-state index contributed by atoms with van der Waals surface area (Å²) < 4.78 is 11.9. The molecule has 5 fully saturated rings. The third-order valence-electron chi connectivity index (χ3n) is 13.7. The largest absolute Gasteiger partial charge is 0.394 e. The summed E-state index contributed by atoms with van der Waals surface area (Å²) in [4.78, 5) is 2.09. The Balaban J connectivity index is 1.17. The van der Waals surface area contributed by atoms with E-state index >= 15 is 0 Å². The molecule has 16 atom stereocenters. The average molecular weight is 624 g/mol. The first-order chi connectivity index (χ1) is 20.6. The van der Waals surface area contributed by atoms with E-state index in [0.717, 1.165) is 38.5 Å². The van der Waals surface area contributed by atoms with Gasteiger partial charge in [0.25, 0.3) is 0 Å². The van der Waals surface area contributed by atoms with E-state index in [9.17, 15) is 35.7 Å². The molecule has 7 N–H and O–H groups in total. The fourth-order valence-corrected chi connectivity index (χ4v) is 11.6. The van der Waals surface area contributed by atoms with Gasteiger partial charge in [0.05, 0.1) is 30.0 Å². The van der Waals surface area contributed by atoms with Gasteiger partial charge < -0.3 is 45.2 Å². The SMILES string of the molecule is CN1C[C@](C)(O[C@@H]2O[C@H](CO)[C@@H](O)[C@H](O)[C@H]2O)CC[C@@H]1[C@](C)(O)[C@H]1[C@H](O)C[C@H]2[C@@H]3CC=C4C[C@@H](O)CC[C@]4(C)[C@H]3CC[C@]12C. The van der Waals surface area contributed by atoms with Gasteiger partial charge in [0.1, 0.15) is 24.4 Å². The molecule has 2 aliphatic heterocycles. The molecule has 252 valence electrons. The highest BCUT2D eigenvalue weighted by Crippen LogP contribution is 2.68. The second-order valence-corrected chi connectivity index (χ2v) is 16.4. The molecule has 0 bridgehead atoms. The highest BCUT2D eigenvalue weighted by atomic mass is 16.7. The topological polar surface area (TPSA) is 163 Å². The van der Waals surface area contributed by atoms with Gasteiger partial charge in [0, 0.05) is 18.5 Å². The average Bonchev–Trinajstić information content (AvgIpc) is 3.24. The lowest BCUT2D eigenvalue weighted by atomic mass is 9.46. The molecule has 0 aromatic carbocycles. The summed E-state index contributed by atoms with van der Waals surface area (Å²) in [5.74, 6) is 1.05. The number of hydrogen-bond acceptors (Lipinski definition) is 10. The van der Waals surface area contributed by atoms with Gasteiger partial charge in [0.2, 0.25) is 0 Å². The van der Waals surface area contributed by atoms with Gasteiger partial charge in [0.15, 0.2) is 6.29 Å². The maximum atomic E-state index is 12.5. The third-order valence-corrected chi connectivity index (χ3v) is 13.7. The van der Waals surface area contributed by atoms with Crippen molar-refractivity contribution >= 4 is 0 Å². The summed E-state index contributed by atoms with van der Waals surface area (Å²) in [5.41, 5.74) is -0.591. The predicted molar refractivity (Wildman–Crippen MR) is 162 cm³/mol. The molecule has 0 unspecified atom stereocenters. The highest BCUT2D eigenvalue weighted by molar-refractivity contribution is 5.26. The fourth-order valence-electron chi connectivity index (χ4n) is 11.6. The fraction of sp³-hybridized carbons (Fsp3) is 0.941. The monoisotopic (exact) mass is 623 g/mol. The van der Waals surface area contributed by atoms with Crippen LogP contribution in [0.4, 0.5) is 0 Å². The van der Waals surface area contributed by atoms with Gasteiger partial charge in [-0.05, 0) is 107 Å². The van der Waals surface area contributed by atoms with E-state index in [4.69, 9.17) is 9.47 Å². The minimum atomic E-state index is -1.50. The van der Waals surface area contributed by atoms with E-state index in [2.05, 4.69) is 24.8 Å². The highest BCUT2D eigenvalue weighted by Gasteiger charge is 2.66. The Bertz CT molecular complexity index is 1100. The summed E-state index contributed by atoms with van der Waals surface area (Å²) in [6, 6.07) is -0.225. The number of rotatable bonds is 5. The lowest BCUT2D eigenvalue weighted by Crippen LogP contribution is -2.66. The van der Waals surface area contributed by atoms with E-state index < -0.39 is 54.6 Å². The van der Waals surface area contributed by atoms with Crippen LogP contribution in [-0.2, 0) is 9.47 Å². The zero-order valence-electron chi connectivity index (χ0n) is 27.2. The number of likely N-dealkylation sites (N-methyl/N-ethyl adjacent to an activating group) is 1. The van der Waals surface area contributed by atoms with Gasteiger partial charge in [-0.2, -0.15) is 0 Å². The van der Waals surface area contributed by atoms with Gasteiger partial charge in [-0.3, -0.25) is 4.90 Å².